The number of piperidine rings is 1. The van der Waals surface area contributed by atoms with Gasteiger partial charge in [0.05, 0.1) is 5.92 Å². The van der Waals surface area contributed by atoms with E-state index in [1.165, 1.54) is 12.8 Å². The zero-order valence-electron chi connectivity index (χ0n) is 11.5. The van der Waals surface area contributed by atoms with Crippen molar-refractivity contribution in [3.63, 3.8) is 0 Å². The van der Waals surface area contributed by atoms with Crippen LogP contribution in [0.1, 0.15) is 25.7 Å². The highest BCUT2D eigenvalue weighted by Crippen LogP contribution is 2.17. The van der Waals surface area contributed by atoms with Gasteiger partial charge in [0.1, 0.15) is 0 Å². The van der Waals surface area contributed by atoms with Crippen LogP contribution in [0.5, 0.6) is 0 Å². The Morgan fingerprint density at radius 2 is 2.05 bits per heavy atom. The molecule has 2 aliphatic rings. The van der Waals surface area contributed by atoms with Crippen molar-refractivity contribution in [2.45, 2.75) is 31.7 Å². The molecule has 2 rings (SSSR count). The molecule has 2 atom stereocenters. The third kappa shape index (κ3) is 3.59. The Labute approximate surface area is 113 Å². The van der Waals surface area contributed by atoms with Crippen molar-refractivity contribution in [1.82, 2.24) is 15.1 Å². The van der Waals surface area contributed by atoms with Gasteiger partial charge >= 0.3 is 12.0 Å². The van der Waals surface area contributed by atoms with Crippen molar-refractivity contribution in [1.29, 1.82) is 0 Å². The molecule has 6 nitrogen and oxygen atoms in total. The minimum absolute atomic E-state index is 0.122. The normalized spacial score (nSPS) is 28.4. The molecule has 2 amide bonds. The van der Waals surface area contributed by atoms with E-state index in [0.717, 1.165) is 13.0 Å². The summed E-state index contributed by atoms with van der Waals surface area (Å²) in [5.74, 6) is -1.20. The predicted octanol–water partition coefficient (Wildman–Crippen LogP) is 0.587. The summed E-state index contributed by atoms with van der Waals surface area (Å²) in [5.41, 5.74) is 0. The Balaban J connectivity index is 1.74. The molecule has 2 saturated heterocycles. The standard InChI is InChI=1S/C13H23N3O3/c1-15-6-3-2-4-11(15)8-14-13(19)16-7-5-10(9-16)12(17)18/h10-11H,2-9H2,1H3,(H,14,19)(H,17,18). The van der Waals surface area contributed by atoms with E-state index in [1.54, 1.807) is 4.90 Å². The molecule has 2 heterocycles. The lowest BCUT2D eigenvalue weighted by atomic mass is 10.0. The molecule has 0 saturated carbocycles. The Hall–Kier alpha value is -1.30. The molecule has 0 aromatic heterocycles. The van der Waals surface area contributed by atoms with Gasteiger partial charge in [0, 0.05) is 25.7 Å². The molecule has 2 unspecified atom stereocenters. The van der Waals surface area contributed by atoms with Crippen LogP contribution in [0.4, 0.5) is 4.79 Å². The molecule has 0 aromatic rings. The number of amides is 2. The fourth-order valence-electron chi connectivity index (χ4n) is 2.87. The molecular weight excluding hydrogens is 246 g/mol. The first-order valence-electron chi connectivity index (χ1n) is 7.03. The van der Waals surface area contributed by atoms with Crippen LogP contribution >= 0.6 is 0 Å². The molecule has 0 bridgehead atoms. The second kappa shape index (κ2) is 6.23. The number of urea groups is 1. The molecule has 2 N–H and O–H groups in total. The minimum Gasteiger partial charge on any atom is -0.481 e. The van der Waals surface area contributed by atoms with Gasteiger partial charge in [-0.15, -0.1) is 0 Å². The maximum absolute atomic E-state index is 12.0. The van der Waals surface area contributed by atoms with E-state index < -0.39 is 11.9 Å². The van der Waals surface area contributed by atoms with Gasteiger partial charge in [-0.1, -0.05) is 6.42 Å². The second-order valence-electron chi connectivity index (χ2n) is 5.59. The zero-order chi connectivity index (χ0) is 13.8. The number of likely N-dealkylation sites (tertiary alicyclic amines) is 2. The first-order chi connectivity index (χ1) is 9.08. The zero-order valence-corrected chi connectivity index (χ0v) is 11.5. The lowest BCUT2D eigenvalue weighted by Gasteiger charge is -2.33. The van der Waals surface area contributed by atoms with E-state index >= 15 is 0 Å². The van der Waals surface area contributed by atoms with Crippen LogP contribution in [0.3, 0.4) is 0 Å². The monoisotopic (exact) mass is 269 g/mol. The summed E-state index contributed by atoms with van der Waals surface area (Å²) >= 11 is 0. The fourth-order valence-corrected chi connectivity index (χ4v) is 2.87. The summed E-state index contributed by atoms with van der Waals surface area (Å²) in [6.45, 7) is 2.62. The van der Waals surface area contributed by atoms with E-state index in [0.29, 0.717) is 32.1 Å². The number of carbonyl (C=O) groups is 2. The van der Waals surface area contributed by atoms with Gasteiger partial charge < -0.3 is 20.2 Å². The molecule has 0 radical (unpaired) electrons. The number of nitrogens with zero attached hydrogens (tertiary/aromatic N) is 2. The summed E-state index contributed by atoms with van der Waals surface area (Å²) < 4.78 is 0. The Kier molecular flexibility index (Phi) is 4.63. The van der Waals surface area contributed by atoms with Crippen LogP contribution in [0.2, 0.25) is 0 Å². The number of carbonyl (C=O) groups excluding carboxylic acids is 1. The molecule has 19 heavy (non-hydrogen) atoms. The highest BCUT2D eigenvalue weighted by molar-refractivity contribution is 5.77. The maximum atomic E-state index is 12.0. The van der Waals surface area contributed by atoms with Crippen LogP contribution in [-0.4, -0.2) is 66.2 Å². The first-order valence-corrected chi connectivity index (χ1v) is 7.03. The Morgan fingerprint density at radius 1 is 1.26 bits per heavy atom. The molecule has 0 aromatic carbocycles. The largest absolute Gasteiger partial charge is 0.481 e. The number of carboxylic acids is 1. The number of carboxylic acid groups (broad SMARTS) is 1. The number of hydrogen-bond acceptors (Lipinski definition) is 3. The summed E-state index contributed by atoms with van der Waals surface area (Å²) in [4.78, 5) is 26.7. The lowest BCUT2D eigenvalue weighted by Crippen LogP contribution is -2.47. The number of aliphatic carboxylic acids is 1. The van der Waals surface area contributed by atoms with E-state index in [2.05, 4.69) is 17.3 Å². The summed E-state index contributed by atoms with van der Waals surface area (Å²) in [6, 6.07) is 0.290. The molecule has 108 valence electrons. The average molecular weight is 269 g/mol. The Morgan fingerprint density at radius 3 is 2.68 bits per heavy atom. The summed E-state index contributed by atoms with van der Waals surface area (Å²) in [6.07, 6.45) is 4.13. The van der Waals surface area contributed by atoms with E-state index in [4.69, 9.17) is 5.11 Å². The van der Waals surface area contributed by atoms with Gasteiger partial charge in [-0.25, -0.2) is 4.79 Å². The van der Waals surface area contributed by atoms with Crippen LogP contribution in [0.15, 0.2) is 0 Å². The van der Waals surface area contributed by atoms with Crippen molar-refractivity contribution in [2.24, 2.45) is 5.92 Å². The lowest BCUT2D eigenvalue weighted by molar-refractivity contribution is -0.141. The predicted molar refractivity (Wildman–Crippen MR) is 71.0 cm³/mol. The van der Waals surface area contributed by atoms with Crippen molar-refractivity contribution < 1.29 is 14.7 Å². The molecular formula is C13H23N3O3. The van der Waals surface area contributed by atoms with Gasteiger partial charge in [0.15, 0.2) is 0 Å². The number of likely N-dealkylation sites (N-methyl/N-ethyl adjacent to an activating group) is 1. The van der Waals surface area contributed by atoms with Crippen LogP contribution in [-0.2, 0) is 4.79 Å². The van der Waals surface area contributed by atoms with Gasteiger partial charge in [-0.3, -0.25) is 4.79 Å². The first kappa shape index (κ1) is 14.1. The minimum atomic E-state index is -0.803. The molecule has 0 spiro atoms. The molecule has 2 aliphatic heterocycles. The third-order valence-electron chi connectivity index (χ3n) is 4.24. The summed E-state index contributed by atoms with van der Waals surface area (Å²) in [7, 11) is 2.09. The topological polar surface area (TPSA) is 72.9 Å². The van der Waals surface area contributed by atoms with Gasteiger partial charge in [-0.05, 0) is 32.9 Å². The number of rotatable bonds is 3. The van der Waals surface area contributed by atoms with Gasteiger partial charge in [-0.2, -0.15) is 0 Å². The van der Waals surface area contributed by atoms with Crippen LogP contribution < -0.4 is 5.32 Å². The van der Waals surface area contributed by atoms with Crippen molar-refractivity contribution in [3.05, 3.63) is 0 Å². The smallest absolute Gasteiger partial charge is 0.317 e. The highest BCUT2D eigenvalue weighted by Gasteiger charge is 2.31. The van der Waals surface area contributed by atoms with E-state index in [-0.39, 0.29) is 6.03 Å². The van der Waals surface area contributed by atoms with Gasteiger partial charge in [0.2, 0.25) is 0 Å². The van der Waals surface area contributed by atoms with E-state index in [1.807, 2.05) is 0 Å². The third-order valence-corrected chi connectivity index (χ3v) is 4.24. The van der Waals surface area contributed by atoms with Crippen LogP contribution in [0, 0.1) is 5.92 Å². The number of hydrogen-bond donors (Lipinski definition) is 2. The quantitative estimate of drug-likeness (QED) is 0.786. The highest BCUT2D eigenvalue weighted by atomic mass is 16.4. The maximum Gasteiger partial charge on any atom is 0.317 e. The van der Waals surface area contributed by atoms with Gasteiger partial charge in [0.25, 0.3) is 0 Å². The SMILES string of the molecule is CN1CCCCC1CNC(=O)N1CCC(C(=O)O)C1. The second-order valence-corrected chi connectivity index (χ2v) is 5.59. The molecule has 0 aliphatic carbocycles. The van der Waals surface area contributed by atoms with Crippen molar-refractivity contribution >= 4 is 12.0 Å². The number of nitrogens with one attached hydrogen (secondary N) is 1. The summed E-state index contributed by atoms with van der Waals surface area (Å²) in [5, 5.41) is 11.9. The molecule has 2 fully saturated rings. The average Bonchev–Trinajstić information content (AvgIpc) is 2.87. The molecule has 6 heteroatoms. The fraction of sp³-hybridized carbons (Fsp3) is 0.846. The Bertz CT molecular complexity index is 348. The van der Waals surface area contributed by atoms with Crippen molar-refractivity contribution in [2.75, 3.05) is 33.2 Å². The van der Waals surface area contributed by atoms with E-state index in [9.17, 15) is 9.59 Å². The van der Waals surface area contributed by atoms with Crippen LogP contribution in [0.25, 0.3) is 0 Å². The van der Waals surface area contributed by atoms with Crippen molar-refractivity contribution in [3.8, 4) is 0 Å².